The van der Waals surface area contributed by atoms with Gasteiger partial charge < -0.3 is 14.8 Å². The zero-order chi connectivity index (χ0) is 23.3. The summed E-state index contributed by atoms with van der Waals surface area (Å²) < 4.78 is 51.1. The Bertz CT molecular complexity index is 1230. The Morgan fingerprint density at radius 1 is 1.00 bits per heavy atom. The number of amides is 1. The maximum absolute atomic E-state index is 13.1. The van der Waals surface area contributed by atoms with Crippen molar-refractivity contribution in [2.24, 2.45) is 0 Å². The van der Waals surface area contributed by atoms with Crippen molar-refractivity contribution in [2.75, 3.05) is 18.9 Å². The molecule has 0 fully saturated rings. The Morgan fingerprint density at radius 3 is 2.38 bits per heavy atom. The minimum Gasteiger partial charge on any atom is -0.497 e. The van der Waals surface area contributed by atoms with Gasteiger partial charge in [-0.3, -0.25) is 9.52 Å². The number of halogens is 2. The average Bonchev–Trinajstić information content (AvgIpc) is 2.78. The molecule has 0 unspecified atom stereocenters. The molecule has 3 aromatic carbocycles. The molecule has 0 heterocycles. The van der Waals surface area contributed by atoms with Crippen molar-refractivity contribution in [3.05, 3.63) is 82.6 Å². The highest BCUT2D eigenvalue weighted by atomic mass is 35.5. The maximum Gasteiger partial charge on any atom is 0.261 e. The summed E-state index contributed by atoms with van der Waals surface area (Å²) in [7, 11) is -0.976. The van der Waals surface area contributed by atoms with Crippen LogP contribution < -0.4 is 19.5 Å². The summed E-state index contributed by atoms with van der Waals surface area (Å²) in [6, 6.07) is 13.7. The molecule has 0 radical (unpaired) electrons. The summed E-state index contributed by atoms with van der Waals surface area (Å²) in [6.07, 6.45) is 0. The first kappa shape index (κ1) is 23.4. The van der Waals surface area contributed by atoms with Crippen LogP contribution in [0.4, 0.5) is 10.1 Å². The first-order valence-electron chi connectivity index (χ1n) is 9.30. The van der Waals surface area contributed by atoms with Gasteiger partial charge in [-0.05, 0) is 60.7 Å². The van der Waals surface area contributed by atoms with Gasteiger partial charge in [0.15, 0.2) is 0 Å². The van der Waals surface area contributed by atoms with Gasteiger partial charge in [-0.25, -0.2) is 12.8 Å². The largest absolute Gasteiger partial charge is 0.497 e. The molecule has 3 rings (SSSR count). The summed E-state index contributed by atoms with van der Waals surface area (Å²) in [6.45, 7) is 0.151. The summed E-state index contributed by atoms with van der Waals surface area (Å²) in [5, 5.41) is 2.85. The number of hydrogen-bond acceptors (Lipinski definition) is 5. The molecule has 0 saturated heterocycles. The van der Waals surface area contributed by atoms with E-state index in [-0.39, 0.29) is 27.7 Å². The number of carbonyl (C=O) groups excluding carboxylic acids is 1. The molecule has 10 heteroatoms. The predicted molar refractivity (Wildman–Crippen MR) is 119 cm³/mol. The SMILES string of the molecule is COc1ccc(OC)c(CNC(=O)c2ccc(Cl)c(NS(=O)(=O)c3ccc(F)cc3)c2)c1. The van der Waals surface area contributed by atoms with Crippen LogP contribution in [-0.2, 0) is 16.6 Å². The van der Waals surface area contributed by atoms with Crippen LogP contribution in [0.5, 0.6) is 11.5 Å². The fourth-order valence-electron chi connectivity index (χ4n) is 2.86. The molecule has 1 amide bonds. The Kier molecular flexibility index (Phi) is 7.22. The Balaban J connectivity index is 1.78. The summed E-state index contributed by atoms with van der Waals surface area (Å²) in [5.41, 5.74) is 0.905. The lowest BCUT2D eigenvalue weighted by molar-refractivity contribution is 0.0950. The van der Waals surface area contributed by atoms with Gasteiger partial charge in [0.05, 0.1) is 29.8 Å². The molecule has 0 aliphatic carbocycles. The van der Waals surface area contributed by atoms with E-state index in [0.29, 0.717) is 17.1 Å². The highest BCUT2D eigenvalue weighted by Gasteiger charge is 2.18. The minimum atomic E-state index is -4.03. The maximum atomic E-state index is 13.1. The molecule has 32 heavy (non-hydrogen) atoms. The van der Waals surface area contributed by atoms with Crippen molar-refractivity contribution in [1.29, 1.82) is 0 Å². The van der Waals surface area contributed by atoms with Gasteiger partial charge in [0, 0.05) is 17.7 Å². The van der Waals surface area contributed by atoms with Gasteiger partial charge in [0.1, 0.15) is 17.3 Å². The van der Waals surface area contributed by atoms with Crippen LogP contribution in [0.15, 0.2) is 65.6 Å². The molecule has 0 aromatic heterocycles. The van der Waals surface area contributed by atoms with E-state index < -0.39 is 21.7 Å². The van der Waals surface area contributed by atoms with E-state index in [2.05, 4.69) is 10.0 Å². The van der Waals surface area contributed by atoms with Crippen molar-refractivity contribution in [1.82, 2.24) is 5.32 Å². The molecule has 0 aliphatic heterocycles. The number of carbonyl (C=O) groups is 1. The second-order valence-electron chi connectivity index (χ2n) is 6.61. The second-order valence-corrected chi connectivity index (χ2v) is 8.70. The first-order chi connectivity index (χ1) is 15.2. The molecular formula is C22H20ClFN2O5S. The van der Waals surface area contributed by atoms with E-state index in [4.69, 9.17) is 21.1 Å². The molecule has 0 saturated carbocycles. The van der Waals surface area contributed by atoms with Crippen molar-refractivity contribution in [2.45, 2.75) is 11.4 Å². The lowest BCUT2D eigenvalue weighted by Gasteiger charge is -2.13. The molecule has 7 nitrogen and oxygen atoms in total. The van der Waals surface area contributed by atoms with Crippen LogP contribution in [0.2, 0.25) is 5.02 Å². The predicted octanol–water partition coefficient (Wildman–Crippen LogP) is 4.23. The third kappa shape index (κ3) is 5.49. The van der Waals surface area contributed by atoms with Gasteiger partial charge in [0.2, 0.25) is 0 Å². The van der Waals surface area contributed by atoms with Crippen LogP contribution in [0.3, 0.4) is 0 Å². The van der Waals surface area contributed by atoms with Gasteiger partial charge in [-0.2, -0.15) is 0 Å². The van der Waals surface area contributed by atoms with Crippen LogP contribution in [0.25, 0.3) is 0 Å². The summed E-state index contributed by atoms with van der Waals surface area (Å²) in [4.78, 5) is 12.5. The van der Waals surface area contributed by atoms with Crippen molar-refractivity contribution >= 4 is 33.2 Å². The molecule has 2 N–H and O–H groups in total. The number of nitrogens with one attached hydrogen (secondary N) is 2. The Hall–Kier alpha value is -3.30. The minimum absolute atomic E-state index is 0.0163. The van der Waals surface area contributed by atoms with Crippen molar-refractivity contribution < 1.29 is 27.1 Å². The number of methoxy groups -OCH3 is 2. The van der Waals surface area contributed by atoms with Crippen LogP contribution >= 0.6 is 11.6 Å². The third-order valence-electron chi connectivity index (χ3n) is 4.52. The fraction of sp³-hybridized carbons (Fsp3) is 0.136. The van der Waals surface area contributed by atoms with Crippen LogP contribution in [0.1, 0.15) is 15.9 Å². The number of rotatable bonds is 8. The van der Waals surface area contributed by atoms with E-state index in [9.17, 15) is 17.6 Å². The molecule has 0 aliphatic rings. The van der Waals surface area contributed by atoms with Gasteiger partial charge >= 0.3 is 0 Å². The third-order valence-corrected chi connectivity index (χ3v) is 6.23. The van der Waals surface area contributed by atoms with E-state index >= 15 is 0 Å². The molecular weight excluding hydrogens is 459 g/mol. The van der Waals surface area contributed by atoms with Gasteiger partial charge in [0.25, 0.3) is 15.9 Å². The van der Waals surface area contributed by atoms with Crippen molar-refractivity contribution in [3.8, 4) is 11.5 Å². The quantitative estimate of drug-likeness (QED) is 0.505. The van der Waals surface area contributed by atoms with Gasteiger partial charge in [-0.15, -0.1) is 0 Å². The van der Waals surface area contributed by atoms with E-state index in [1.165, 1.54) is 32.4 Å². The topological polar surface area (TPSA) is 93.7 Å². The highest BCUT2D eigenvalue weighted by molar-refractivity contribution is 7.92. The molecule has 0 bridgehead atoms. The lowest BCUT2D eigenvalue weighted by Crippen LogP contribution is -2.23. The number of anilines is 1. The Morgan fingerprint density at radius 2 is 1.72 bits per heavy atom. The standard InChI is InChI=1S/C22H20ClFN2O5S/c1-30-17-6-10-21(31-2)15(11-17)13-25-22(27)14-3-9-19(23)20(12-14)26-32(28,29)18-7-4-16(24)5-8-18/h3-12,26H,13H2,1-2H3,(H,25,27). The number of hydrogen-bond donors (Lipinski definition) is 2. The first-order valence-corrected chi connectivity index (χ1v) is 11.2. The number of ether oxygens (including phenoxy) is 2. The van der Waals surface area contributed by atoms with Crippen LogP contribution in [0, 0.1) is 5.82 Å². The number of benzene rings is 3. The smallest absolute Gasteiger partial charge is 0.261 e. The van der Waals surface area contributed by atoms with E-state index in [0.717, 1.165) is 24.3 Å². The van der Waals surface area contributed by atoms with Gasteiger partial charge in [-0.1, -0.05) is 11.6 Å². The van der Waals surface area contributed by atoms with E-state index in [1.807, 2.05) is 0 Å². The summed E-state index contributed by atoms with van der Waals surface area (Å²) >= 11 is 6.12. The normalized spacial score (nSPS) is 11.0. The van der Waals surface area contributed by atoms with E-state index in [1.54, 1.807) is 18.2 Å². The molecule has 168 valence electrons. The monoisotopic (exact) mass is 478 g/mol. The second kappa shape index (κ2) is 9.88. The number of sulfonamides is 1. The zero-order valence-corrected chi connectivity index (χ0v) is 18.8. The molecule has 0 atom stereocenters. The fourth-order valence-corrected chi connectivity index (χ4v) is 4.15. The zero-order valence-electron chi connectivity index (χ0n) is 17.2. The van der Waals surface area contributed by atoms with Crippen LogP contribution in [-0.4, -0.2) is 28.5 Å². The summed E-state index contributed by atoms with van der Waals surface area (Å²) in [5.74, 6) is 0.177. The average molecular weight is 479 g/mol. The molecule has 3 aromatic rings. The van der Waals surface area contributed by atoms with Crippen molar-refractivity contribution in [3.63, 3.8) is 0 Å². The lowest BCUT2D eigenvalue weighted by atomic mass is 10.1. The Labute approximate surface area is 190 Å². The molecule has 0 spiro atoms. The highest BCUT2D eigenvalue weighted by Crippen LogP contribution is 2.27.